The van der Waals surface area contributed by atoms with E-state index in [1.165, 1.54) is 0 Å². The Hall–Kier alpha value is -2.30. The average molecular weight is 313 g/mol. The Bertz CT molecular complexity index is 651. The van der Waals surface area contributed by atoms with Crippen molar-refractivity contribution in [1.29, 1.82) is 0 Å². The largest absolute Gasteiger partial charge is 0.333 e. The molecule has 0 spiro atoms. The Balaban J connectivity index is 1.92. The molecule has 122 valence electrons. The van der Waals surface area contributed by atoms with E-state index in [1.807, 2.05) is 35.2 Å². The zero-order chi connectivity index (χ0) is 16.6. The standard InChI is InChI=1S/C18H23N3O2/c1-12(2)9-10-21-11-14-15(17(21)22)16(19-18(23)20(14)3)13-7-5-4-6-8-13/h4-8,12,16H,9-11H2,1-3H3,(H,19,23)/t16-/m1/s1. The molecule has 2 aliphatic rings. The van der Waals surface area contributed by atoms with Gasteiger partial charge in [-0.25, -0.2) is 4.79 Å². The van der Waals surface area contributed by atoms with Crippen molar-refractivity contribution >= 4 is 11.9 Å². The molecule has 23 heavy (non-hydrogen) atoms. The summed E-state index contributed by atoms with van der Waals surface area (Å²) >= 11 is 0. The smallest absolute Gasteiger partial charge is 0.322 e. The maximum atomic E-state index is 12.9. The molecule has 0 aromatic heterocycles. The highest BCUT2D eigenvalue weighted by atomic mass is 16.2. The van der Waals surface area contributed by atoms with Crippen molar-refractivity contribution < 1.29 is 9.59 Å². The summed E-state index contributed by atoms with van der Waals surface area (Å²) in [5.74, 6) is 0.587. The Morgan fingerprint density at radius 3 is 2.57 bits per heavy atom. The number of amides is 3. The first-order valence-corrected chi connectivity index (χ1v) is 8.10. The molecule has 0 saturated heterocycles. The normalized spacial score (nSPS) is 21.1. The number of likely N-dealkylation sites (N-methyl/N-ethyl adjacent to an activating group) is 1. The van der Waals surface area contributed by atoms with Crippen molar-refractivity contribution in [1.82, 2.24) is 15.1 Å². The molecule has 0 bridgehead atoms. The number of rotatable bonds is 4. The number of hydrogen-bond acceptors (Lipinski definition) is 2. The first-order valence-electron chi connectivity index (χ1n) is 8.10. The average Bonchev–Trinajstić information content (AvgIpc) is 2.87. The summed E-state index contributed by atoms with van der Waals surface area (Å²) in [5, 5.41) is 2.95. The molecule has 3 amide bonds. The van der Waals surface area contributed by atoms with E-state index in [1.54, 1.807) is 11.9 Å². The molecule has 0 saturated carbocycles. The monoisotopic (exact) mass is 313 g/mol. The van der Waals surface area contributed by atoms with Crippen molar-refractivity contribution in [2.45, 2.75) is 26.3 Å². The van der Waals surface area contributed by atoms with E-state index < -0.39 is 0 Å². The fourth-order valence-electron chi connectivity index (χ4n) is 3.11. The summed E-state index contributed by atoms with van der Waals surface area (Å²) in [6.07, 6.45) is 0.966. The van der Waals surface area contributed by atoms with Crippen LogP contribution in [0.4, 0.5) is 4.79 Å². The number of benzene rings is 1. The van der Waals surface area contributed by atoms with Crippen LogP contribution in [0.15, 0.2) is 41.6 Å². The summed E-state index contributed by atoms with van der Waals surface area (Å²) in [6, 6.07) is 9.17. The van der Waals surface area contributed by atoms with E-state index >= 15 is 0 Å². The van der Waals surface area contributed by atoms with Crippen molar-refractivity contribution in [2.75, 3.05) is 20.1 Å². The van der Waals surface area contributed by atoms with Crippen LogP contribution in [0, 0.1) is 5.92 Å². The second kappa shape index (κ2) is 6.07. The van der Waals surface area contributed by atoms with Gasteiger partial charge in [-0.1, -0.05) is 44.2 Å². The summed E-state index contributed by atoms with van der Waals surface area (Å²) in [7, 11) is 1.73. The van der Waals surface area contributed by atoms with E-state index in [-0.39, 0.29) is 18.0 Å². The minimum atomic E-state index is -0.355. The predicted molar refractivity (Wildman–Crippen MR) is 88.5 cm³/mol. The van der Waals surface area contributed by atoms with Crippen molar-refractivity contribution in [3.8, 4) is 0 Å². The van der Waals surface area contributed by atoms with Crippen LogP contribution < -0.4 is 5.32 Å². The van der Waals surface area contributed by atoms with Gasteiger partial charge in [-0.15, -0.1) is 0 Å². The number of nitrogens with one attached hydrogen (secondary N) is 1. The van der Waals surface area contributed by atoms with E-state index in [0.29, 0.717) is 18.0 Å². The minimum absolute atomic E-state index is 0.0429. The highest BCUT2D eigenvalue weighted by molar-refractivity contribution is 6.01. The fourth-order valence-corrected chi connectivity index (χ4v) is 3.11. The fraction of sp³-hybridized carbons (Fsp3) is 0.444. The maximum absolute atomic E-state index is 12.9. The lowest BCUT2D eigenvalue weighted by Gasteiger charge is -2.31. The lowest BCUT2D eigenvalue weighted by molar-refractivity contribution is -0.125. The molecule has 0 fully saturated rings. The SMILES string of the molecule is CC(C)CCN1CC2=C(C1=O)[C@@H](c1ccccc1)NC(=O)N2C. The van der Waals surface area contributed by atoms with Crippen LogP contribution in [-0.4, -0.2) is 41.9 Å². The number of carbonyl (C=O) groups excluding carboxylic acids is 2. The van der Waals surface area contributed by atoms with Gasteiger partial charge in [0.05, 0.1) is 23.9 Å². The number of urea groups is 1. The Morgan fingerprint density at radius 2 is 1.91 bits per heavy atom. The summed E-state index contributed by atoms with van der Waals surface area (Å²) < 4.78 is 0. The Morgan fingerprint density at radius 1 is 1.22 bits per heavy atom. The van der Waals surface area contributed by atoms with E-state index in [0.717, 1.165) is 24.2 Å². The molecule has 5 nitrogen and oxygen atoms in total. The van der Waals surface area contributed by atoms with Gasteiger partial charge in [0.25, 0.3) is 5.91 Å². The van der Waals surface area contributed by atoms with E-state index in [9.17, 15) is 9.59 Å². The first kappa shape index (κ1) is 15.6. The van der Waals surface area contributed by atoms with Crippen LogP contribution >= 0.6 is 0 Å². The van der Waals surface area contributed by atoms with Gasteiger partial charge in [-0.3, -0.25) is 9.69 Å². The van der Waals surface area contributed by atoms with Gasteiger partial charge in [-0.05, 0) is 17.9 Å². The van der Waals surface area contributed by atoms with Crippen LogP contribution in [0.5, 0.6) is 0 Å². The van der Waals surface area contributed by atoms with Crippen molar-refractivity contribution in [3.63, 3.8) is 0 Å². The summed E-state index contributed by atoms with van der Waals surface area (Å²) in [5.41, 5.74) is 2.49. The van der Waals surface area contributed by atoms with Crippen LogP contribution in [0.25, 0.3) is 0 Å². The third kappa shape index (κ3) is 2.83. The molecule has 1 N–H and O–H groups in total. The van der Waals surface area contributed by atoms with E-state index in [4.69, 9.17) is 0 Å². The predicted octanol–water partition coefficient (Wildman–Crippen LogP) is 2.53. The molecule has 0 aliphatic carbocycles. The second-order valence-electron chi connectivity index (χ2n) is 6.62. The lowest BCUT2D eigenvalue weighted by Crippen LogP contribution is -2.45. The third-order valence-electron chi connectivity index (χ3n) is 4.54. The van der Waals surface area contributed by atoms with Gasteiger partial charge in [0.2, 0.25) is 0 Å². The van der Waals surface area contributed by atoms with Gasteiger partial charge in [0.1, 0.15) is 0 Å². The molecule has 2 aliphatic heterocycles. The van der Waals surface area contributed by atoms with Gasteiger partial charge >= 0.3 is 6.03 Å². The quantitative estimate of drug-likeness (QED) is 0.928. The minimum Gasteiger partial charge on any atom is -0.333 e. The van der Waals surface area contributed by atoms with Crippen LogP contribution in [0.3, 0.4) is 0 Å². The van der Waals surface area contributed by atoms with Crippen molar-refractivity contribution in [3.05, 3.63) is 47.2 Å². The summed E-state index contributed by atoms with van der Waals surface area (Å²) in [4.78, 5) is 28.6. The molecule has 0 radical (unpaired) electrons. The molecule has 5 heteroatoms. The molecule has 1 aromatic rings. The zero-order valence-electron chi connectivity index (χ0n) is 13.9. The Kier molecular flexibility index (Phi) is 4.11. The molecule has 1 aromatic carbocycles. The maximum Gasteiger partial charge on any atom is 0.322 e. The third-order valence-corrected chi connectivity index (χ3v) is 4.54. The zero-order valence-corrected chi connectivity index (χ0v) is 13.9. The molecule has 1 atom stereocenters. The van der Waals surface area contributed by atoms with Crippen LogP contribution in [-0.2, 0) is 4.79 Å². The van der Waals surface area contributed by atoms with Gasteiger partial charge in [0.15, 0.2) is 0 Å². The molecular weight excluding hydrogens is 290 g/mol. The van der Waals surface area contributed by atoms with Gasteiger partial charge in [-0.2, -0.15) is 0 Å². The first-order chi connectivity index (χ1) is 11.0. The lowest BCUT2D eigenvalue weighted by atomic mass is 9.96. The van der Waals surface area contributed by atoms with Gasteiger partial charge < -0.3 is 10.2 Å². The molecule has 3 rings (SSSR count). The molecular formula is C18H23N3O2. The second-order valence-corrected chi connectivity index (χ2v) is 6.62. The van der Waals surface area contributed by atoms with Crippen LogP contribution in [0.2, 0.25) is 0 Å². The highest BCUT2D eigenvalue weighted by Crippen LogP contribution is 2.35. The van der Waals surface area contributed by atoms with Crippen molar-refractivity contribution in [2.24, 2.45) is 5.92 Å². The molecule has 2 heterocycles. The molecule has 0 unspecified atom stereocenters. The van der Waals surface area contributed by atoms with Crippen LogP contribution in [0.1, 0.15) is 31.9 Å². The van der Waals surface area contributed by atoms with Gasteiger partial charge in [0, 0.05) is 13.6 Å². The summed E-state index contributed by atoms with van der Waals surface area (Å²) in [6.45, 7) is 5.55. The number of nitrogens with zero attached hydrogens (tertiary/aromatic N) is 2. The highest BCUT2D eigenvalue weighted by Gasteiger charge is 2.42. The van der Waals surface area contributed by atoms with E-state index in [2.05, 4.69) is 19.2 Å². The number of hydrogen-bond donors (Lipinski definition) is 1. The topological polar surface area (TPSA) is 52.7 Å². The Labute approximate surface area is 137 Å². The number of carbonyl (C=O) groups is 2.